The van der Waals surface area contributed by atoms with Gasteiger partial charge in [0, 0.05) is 31.3 Å². The molecule has 3 rings (SSSR count). The molecule has 1 atom stereocenters. The zero-order valence-electron chi connectivity index (χ0n) is 13.2. The van der Waals surface area contributed by atoms with E-state index in [4.69, 9.17) is 10.2 Å². The van der Waals surface area contributed by atoms with Gasteiger partial charge in [-0.15, -0.1) is 12.4 Å². The van der Waals surface area contributed by atoms with E-state index in [1.54, 1.807) is 6.07 Å². The van der Waals surface area contributed by atoms with Crippen LogP contribution in [0.2, 0.25) is 0 Å². The molecule has 1 aliphatic rings. The summed E-state index contributed by atoms with van der Waals surface area (Å²) in [6.45, 7) is 6.72. The Balaban J connectivity index is 0.00000192. The van der Waals surface area contributed by atoms with Crippen LogP contribution >= 0.6 is 12.4 Å². The van der Waals surface area contributed by atoms with Gasteiger partial charge in [0.15, 0.2) is 5.58 Å². The van der Waals surface area contributed by atoms with Crippen molar-refractivity contribution in [3.8, 4) is 0 Å². The Labute approximate surface area is 140 Å². The highest BCUT2D eigenvalue weighted by Crippen LogP contribution is 2.29. The highest BCUT2D eigenvalue weighted by Gasteiger charge is 2.33. The Morgan fingerprint density at radius 1 is 1.52 bits per heavy atom. The maximum absolute atomic E-state index is 10.8. The molecule has 0 spiro atoms. The lowest BCUT2D eigenvalue weighted by molar-refractivity contribution is -0.384. The Morgan fingerprint density at radius 2 is 2.26 bits per heavy atom. The van der Waals surface area contributed by atoms with Crippen LogP contribution in [0.1, 0.15) is 26.2 Å². The average Bonchev–Trinajstić information content (AvgIpc) is 2.83. The summed E-state index contributed by atoms with van der Waals surface area (Å²) in [5.41, 5.74) is 7.33. The zero-order chi connectivity index (χ0) is 15.9. The number of aromatic nitrogens is 1. The molecule has 0 aliphatic carbocycles. The van der Waals surface area contributed by atoms with Crippen molar-refractivity contribution in [2.24, 2.45) is 11.1 Å². The predicted octanol–water partition coefficient (Wildman–Crippen LogP) is 2.72. The summed E-state index contributed by atoms with van der Waals surface area (Å²) < 4.78 is 5.69. The second kappa shape index (κ2) is 6.43. The monoisotopic (exact) mass is 340 g/mol. The predicted molar refractivity (Wildman–Crippen MR) is 89.6 cm³/mol. The normalized spacial score (nSPS) is 21.1. The second-order valence-corrected chi connectivity index (χ2v) is 6.61. The minimum absolute atomic E-state index is 0. The number of hydrogen-bond donors (Lipinski definition) is 1. The summed E-state index contributed by atoms with van der Waals surface area (Å²) in [5, 5.41) is 10.8. The number of piperidine rings is 1. The number of nitrogens with two attached hydrogens (primary N) is 1. The highest BCUT2D eigenvalue weighted by atomic mass is 35.5. The molecule has 0 saturated carbocycles. The zero-order valence-corrected chi connectivity index (χ0v) is 14.0. The van der Waals surface area contributed by atoms with Crippen molar-refractivity contribution in [2.45, 2.75) is 32.9 Å². The summed E-state index contributed by atoms with van der Waals surface area (Å²) in [6, 6.07) is 4.67. The summed E-state index contributed by atoms with van der Waals surface area (Å²) >= 11 is 0. The van der Waals surface area contributed by atoms with Crippen molar-refractivity contribution in [2.75, 3.05) is 13.1 Å². The van der Waals surface area contributed by atoms with Gasteiger partial charge < -0.3 is 10.2 Å². The molecule has 0 radical (unpaired) electrons. The summed E-state index contributed by atoms with van der Waals surface area (Å²) in [5.74, 6) is 0.585. The molecule has 1 unspecified atom stereocenters. The Kier molecular flexibility index (Phi) is 4.93. The van der Waals surface area contributed by atoms with Gasteiger partial charge in [-0.2, -0.15) is 0 Å². The van der Waals surface area contributed by atoms with Gasteiger partial charge in [0.1, 0.15) is 5.52 Å². The molecule has 8 heteroatoms. The van der Waals surface area contributed by atoms with E-state index in [1.165, 1.54) is 12.1 Å². The highest BCUT2D eigenvalue weighted by molar-refractivity contribution is 5.85. The molecular formula is C15H21ClN4O3. The second-order valence-electron chi connectivity index (χ2n) is 6.61. The van der Waals surface area contributed by atoms with Crippen molar-refractivity contribution in [1.29, 1.82) is 0 Å². The fourth-order valence-electron chi connectivity index (χ4n) is 2.96. The van der Waals surface area contributed by atoms with Gasteiger partial charge in [0.05, 0.1) is 11.5 Å². The van der Waals surface area contributed by atoms with Crippen LogP contribution in [0.4, 0.5) is 5.69 Å². The standard InChI is InChI=1S/C15H20N4O3.ClH/c1-15(2)9-18(6-5-13(15)16)8-14-17-11-7-10(19(20)21)3-4-12(11)22-14;/h3-4,7,13H,5-6,8-9,16H2,1-2H3;1H. The Bertz CT molecular complexity index is 716. The van der Waals surface area contributed by atoms with Gasteiger partial charge in [0.2, 0.25) is 5.89 Å². The van der Waals surface area contributed by atoms with Crippen molar-refractivity contribution in [1.82, 2.24) is 9.88 Å². The van der Waals surface area contributed by atoms with Gasteiger partial charge >= 0.3 is 0 Å². The van der Waals surface area contributed by atoms with Crippen molar-refractivity contribution in [3.63, 3.8) is 0 Å². The molecule has 126 valence electrons. The van der Waals surface area contributed by atoms with E-state index in [0.717, 1.165) is 19.5 Å². The molecule has 2 heterocycles. The molecule has 2 aromatic rings. The van der Waals surface area contributed by atoms with Crippen molar-refractivity contribution >= 4 is 29.2 Å². The van der Waals surface area contributed by atoms with E-state index in [2.05, 4.69) is 23.7 Å². The number of fused-ring (bicyclic) bond motifs is 1. The third kappa shape index (κ3) is 3.63. The van der Waals surface area contributed by atoms with Gasteiger partial charge in [-0.1, -0.05) is 13.8 Å². The molecule has 1 aromatic carbocycles. The van der Waals surface area contributed by atoms with E-state index in [1.807, 2.05) is 0 Å². The number of likely N-dealkylation sites (tertiary alicyclic amines) is 1. The first-order valence-corrected chi connectivity index (χ1v) is 7.37. The molecule has 0 amide bonds. The van der Waals surface area contributed by atoms with E-state index in [-0.39, 0.29) is 29.6 Å². The van der Waals surface area contributed by atoms with Gasteiger partial charge in [-0.25, -0.2) is 4.98 Å². The van der Waals surface area contributed by atoms with E-state index in [9.17, 15) is 10.1 Å². The van der Waals surface area contributed by atoms with Crippen LogP contribution in [0.25, 0.3) is 11.1 Å². The first-order valence-electron chi connectivity index (χ1n) is 7.37. The SMILES string of the molecule is CC1(C)CN(Cc2nc3cc([N+](=O)[O-])ccc3o2)CCC1N.Cl. The van der Waals surface area contributed by atoms with Crippen molar-refractivity contribution < 1.29 is 9.34 Å². The van der Waals surface area contributed by atoms with E-state index < -0.39 is 4.92 Å². The number of nitro benzene ring substituents is 1. The maximum Gasteiger partial charge on any atom is 0.271 e. The first-order chi connectivity index (χ1) is 10.3. The maximum atomic E-state index is 10.8. The summed E-state index contributed by atoms with van der Waals surface area (Å²) in [4.78, 5) is 17.0. The van der Waals surface area contributed by atoms with Gasteiger partial charge in [0.25, 0.3) is 5.69 Å². The lowest BCUT2D eigenvalue weighted by Crippen LogP contribution is -2.52. The number of halogens is 1. The van der Waals surface area contributed by atoms with Crippen molar-refractivity contribution in [3.05, 3.63) is 34.2 Å². The van der Waals surface area contributed by atoms with E-state index >= 15 is 0 Å². The number of nitrogens with zero attached hydrogens (tertiary/aromatic N) is 3. The smallest absolute Gasteiger partial charge is 0.271 e. The lowest BCUT2D eigenvalue weighted by Gasteiger charge is -2.42. The lowest BCUT2D eigenvalue weighted by atomic mass is 9.80. The molecule has 7 nitrogen and oxygen atoms in total. The number of non-ortho nitro benzene ring substituents is 1. The third-order valence-electron chi connectivity index (χ3n) is 4.38. The molecular weight excluding hydrogens is 320 g/mol. The summed E-state index contributed by atoms with van der Waals surface area (Å²) in [7, 11) is 0. The quantitative estimate of drug-likeness (QED) is 0.681. The minimum atomic E-state index is -0.428. The topological polar surface area (TPSA) is 98.4 Å². The number of nitro groups is 1. The van der Waals surface area contributed by atoms with Crippen LogP contribution in [-0.2, 0) is 6.54 Å². The van der Waals surface area contributed by atoms with Crippen LogP contribution < -0.4 is 5.73 Å². The number of benzene rings is 1. The van der Waals surface area contributed by atoms with Crippen LogP contribution in [0.3, 0.4) is 0 Å². The fourth-order valence-corrected chi connectivity index (χ4v) is 2.96. The number of rotatable bonds is 3. The molecule has 1 aliphatic heterocycles. The van der Waals surface area contributed by atoms with Gasteiger partial charge in [-0.05, 0) is 17.9 Å². The van der Waals surface area contributed by atoms with Crippen LogP contribution in [0, 0.1) is 15.5 Å². The van der Waals surface area contributed by atoms with Crippen LogP contribution in [-0.4, -0.2) is 33.9 Å². The molecule has 23 heavy (non-hydrogen) atoms. The molecule has 0 bridgehead atoms. The van der Waals surface area contributed by atoms with E-state index in [0.29, 0.717) is 23.5 Å². The van der Waals surface area contributed by atoms with Gasteiger partial charge in [-0.3, -0.25) is 15.0 Å². The minimum Gasteiger partial charge on any atom is -0.439 e. The first kappa shape index (κ1) is 17.7. The van der Waals surface area contributed by atoms with Crippen LogP contribution in [0.15, 0.2) is 22.6 Å². The number of hydrogen-bond acceptors (Lipinski definition) is 6. The number of oxazole rings is 1. The average molecular weight is 341 g/mol. The Hall–Kier alpha value is -1.70. The molecule has 1 fully saturated rings. The summed E-state index contributed by atoms with van der Waals surface area (Å²) in [6.07, 6.45) is 0.943. The van der Waals surface area contributed by atoms with Crippen LogP contribution in [0.5, 0.6) is 0 Å². The largest absolute Gasteiger partial charge is 0.439 e. The molecule has 2 N–H and O–H groups in total. The fraction of sp³-hybridized carbons (Fsp3) is 0.533. The Morgan fingerprint density at radius 3 is 2.91 bits per heavy atom. The molecule has 1 saturated heterocycles. The third-order valence-corrected chi connectivity index (χ3v) is 4.38. The molecule has 1 aromatic heterocycles.